The fraction of sp³-hybridized carbons (Fsp3) is 0.261. The van der Waals surface area contributed by atoms with E-state index in [1.807, 2.05) is 24.4 Å². The first-order chi connectivity index (χ1) is 13.7. The maximum Gasteiger partial charge on any atom is 0.129 e. The normalized spacial score (nSPS) is 17.9. The second kappa shape index (κ2) is 6.84. The Labute approximate surface area is 164 Å². The fourth-order valence-corrected chi connectivity index (χ4v) is 4.16. The van der Waals surface area contributed by atoms with E-state index in [0.29, 0.717) is 12.8 Å². The predicted octanol–water partition coefficient (Wildman–Crippen LogP) is 3.32. The molecule has 0 bridgehead atoms. The van der Waals surface area contributed by atoms with E-state index in [4.69, 9.17) is 4.99 Å². The van der Waals surface area contributed by atoms with E-state index in [2.05, 4.69) is 45.2 Å². The van der Waals surface area contributed by atoms with Gasteiger partial charge in [0.25, 0.3) is 0 Å². The second-order valence-electron chi connectivity index (χ2n) is 7.49. The Bertz CT molecular complexity index is 1020. The van der Waals surface area contributed by atoms with Crippen molar-refractivity contribution in [1.82, 2.24) is 9.97 Å². The highest BCUT2D eigenvalue weighted by Gasteiger charge is 2.34. The largest absolute Gasteiger partial charge is 0.385 e. The summed E-state index contributed by atoms with van der Waals surface area (Å²) in [6, 6.07) is 16.4. The smallest absolute Gasteiger partial charge is 0.129 e. The van der Waals surface area contributed by atoms with Crippen LogP contribution in [-0.2, 0) is 12.1 Å². The number of aromatic nitrogens is 2. The van der Waals surface area contributed by atoms with E-state index in [0.717, 1.165) is 42.3 Å². The molecule has 5 heteroatoms. The Hall–Kier alpha value is -3.05. The standard InChI is InChI=1S/C23H22N4O/c28-23(19-5-3-10-24-16-19)8-12-27(13-9-23)21-14-17(7-11-25-21)22-20-6-2-1-4-18(20)15-26-22/h1-7,10-11,14,16,28H,8-9,12-13,15H2. The van der Waals surface area contributed by atoms with Gasteiger partial charge in [0, 0.05) is 48.4 Å². The van der Waals surface area contributed by atoms with Crippen molar-refractivity contribution in [3.63, 3.8) is 0 Å². The SMILES string of the molecule is OC1(c2cccnc2)CCN(c2cc(C3=NCc4ccccc43)ccn2)CC1. The number of hydrogen-bond acceptors (Lipinski definition) is 5. The molecule has 1 saturated heterocycles. The van der Waals surface area contributed by atoms with Crippen LogP contribution in [0.2, 0.25) is 0 Å². The summed E-state index contributed by atoms with van der Waals surface area (Å²) >= 11 is 0. The highest BCUT2D eigenvalue weighted by molar-refractivity contribution is 6.15. The van der Waals surface area contributed by atoms with Crippen LogP contribution in [0.5, 0.6) is 0 Å². The van der Waals surface area contributed by atoms with Crippen molar-refractivity contribution >= 4 is 11.5 Å². The van der Waals surface area contributed by atoms with Crippen LogP contribution in [0.4, 0.5) is 5.82 Å². The zero-order valence-corrected chi connectivity index (χ0v) is 15.6. The Balaban J connectivity index is 1.36. The first-order valence-electron chi connectivity index (χ1n) is 9.70. The summed E-state index contributed by atoms with van der Waals surface area (Å²) in [6.07, 6.45) is 6.68. The van der Waals surface area contributed by atoms with Crippen LogP contribution in [-0.4, -0.2) is 33.9 Å². The van der Waals surface area contributed by atoms with Crippen molar-refractivity contribution in [3.8, 4) is 0 Å². The molecule has 1 aromatic carbocycles. The molecule has 28 heavy (non-hydrogen) atoms. The molecule has 2 aromatic heterocycles. The third-order valence-electron chi connectivity index (χ3n) is 5.81. The van der Waals surface area contributed by atoms with Crippen LogP contribution in [0, 0.1) is 0 Å². The maximum atomic E-state index is 11.0. The number of benzene rings is 1. The van der Waals surface area contributed by atoms with Crippen molar-refractivity contribution in [2.24, 2.45) is 4.99 Å². The maximum absolute atomic E-state index is 11.0. The summed E-state index contributed by atoms with van der Waals surface area (Å²) in [6.45, 7) is 2.25. The van der Waals surface area contributed by atoms with Gasteiger partial charge in [-0.15, -0.1) is 0 Å². The van der Waals surface area contributed by atoms with Crippen molar-refractivity contribution in [2.45, 2.75) is 25.0 Å². The van der Waals surface area contributed by atoms with E-state index in [1.165, 1.54) is 11.1 Å². The van der Waals surface area contributed by atoms with Gasteiger partial charge in [-0.05, 0) is 36.6 Å². The van der Waals surface area contributed by atoms with Crippen molar-refractivity contribution < 1.29 is 5.11 Å². The number of nitrogens with zero attached hydrogens (tertiary/aromatic N) is 4. The van der Waals surface area contributed by atoms with Crippen LogP contribution in [0.25, 0.3) is 0 Å². The molecule has 5 rings (SSSR count). The minimum atomic E-state index is -0.809. The zero-order chi connectivity index (χ0) is 19.0. The van der Waals surface area contributed by atoms with E-state index >= 15 is 0 Å². The summed E-state index contributed by atoms with van der Waals surface area (Å²) in [5.41, 5.74) is 4.72. The van der Waals surface area contributed by atoms with Crippen LogP contribution in [0.15, 0.2) is 72.1 Å². The summed E-state index contributed by atoms with van der Waals surface area (Å²) in [7, 11) is 0. The molecule has 2 aliphatic rings. The molecular weight excluding hydrogens is 348 g/mol. The Morgan fingerprint density at radius 2 is 1.82 bits per heavy atom. The van der Waals surface area contributed by atoms with Crippen LogP contribution in [0.3, 0.4) is 0 Å². The molecule has 1 fully saturated rings. The topological polar surface area (TPSA) is 61.6 Å². The lowest BCUT2D eigenvalue weighted by molar-refractivity contribution is 0.0113. The average Bonchev–Trinajstić information content (AvgIpc) is 3.19. The van der Waals surface area contributed by atoms with Gasteiger partial charge >= 0.3 is 0 Å². The Morgan fingerprint density at radius 1 is 0.964 bits per heavy atom. The number of pyridine rings is 2. The fourth-order valence-electron chi connectivity index (χ4n) is 4.16. The molecule has 2 aliphatic heterocycles. The van der Waals surface area contributed by atoms with Gasteiger partial charge in [-0.1, -0.05) is 30.3 Å². The van der Waals surface area contributed by atoms with Gasteiger partial charge in [-0.2, -0.15) is 0 Å². The molecular formula is C23H22N4O. The highest BCUT2D eigenvalue weighted by Crippen LogP contribution is 2.34. The first-order valence-corrected chi connectivity index (χ1v) is 9.70. The number of aliphatic hydroxyl groups is 1. The number of rotatable bonds is 3. The Morgan fingerprint density at radius 3 is 2.64 bits per heavy atom. The Kier molecular flexibility index (Phi) is 4.17. The molecule has 0 aliphatic carbocycles. The monoisotopic (exact) mass is 370 g/mol. The van der Waals surface area contributed by atoms with Gasteiger partial charge in [0.05, 0.1) is 17.9 Å². The van der Waals surface area contributed by atoms with Gasteiger partial charge in [0.15, 0.2) is 0 Å². The molecule has 1 N–H and O–H groups in total. The quantitative estimate of drug-likeness (QED) is 0.768. The summed E-state index contributed by atoms with van der Waals surface area (Å²) in [4.78, 5) is 15.7. The second-order valence-corrected chi connectivity index (χ2v) is 7.49. The number of hydrogen-bond donors (Lipinski definition) is 1. The molecule has 0 radical (unpaired) electrons. The molecule has 0 amide bonds. The number of fused-ring (bicyclic) bond motifs is 1. The lowest BCUT2D eigenvalue weighted by Crippen LogP contribution is -2.43. The zero-order valence-electron chi connectivity index (χ0n) is 15.6. The molecule has 0 saturated carbocycles. The van der Waals surface area contributed by atoms with Gasteiger partial charge in [-0.25, -0.2) is 4.98 Å². The lowest BCUT2D eigenvalue weighted by Gasteiger charge is -2.39. The number of aliphatic imine (C=N–C) groups is 1. The van der Waals surface area contributed by atoms with Gasteiger partial charge in [0.1, 0.15) is 5.82 Å². The average molecular weight is 370 g/mol. The summed E-state index contributed by atoms with van der Waals surface area (Å²) < 4.78 is 0. The van der Waals surface area contributed by atoms with Gasteiger partial charge < -0.3 is 10.0 Å². The van der Waals surface area contributed by atoms with E-state index in [-0.39, 0.29) is 0 Å². The molecule has 140 valence electrons. The number of piperidine rings is 1. The van der Waals surface area contributed by atoms with Crippen molar-refractivity contribution in [2.75, 3.05) is 18.0 Å². The molecule has 0 atom stereocenters. The molecule has 4 heterocycles. The molecule has 5 nitrogen and oxygen atoms in total. The van der Waals surface area contributed by atoms with E-state index in [1.54, 1.807) is 12.4 Å². The lowest BCUT2D eigenvalue weighted by atomic mass is 9.85. The van der Waals surface area contributed by atoms with E-state index in [9.17, 15) is 5.11 Å². The third-order valence-corrected chi connectivity index (χ3v) is 5.81. The molecule has 3 aromatic rings. The first kappa shape index (κ1) is 17.1. The third kappa shape index (κ3) is 2.98. The van der Waals surface area contributed by atoms with Crippen LogP contribution < -0.4 is 4.90 Å². The van der Waals surface area contributed by atoms with Crippen molar-refractivity contribution in [3.05, 3.63) is 89.4 Å². The molecule has 0 spiro atoms. The van der Waals surface area contributed by atoms with Crippen LogP contribution in [0.1, 0.15) is 35.1 Å². The highest BCUT2D eigenvalue weighted by atomic mass is 16.3. The van der Waals surface area contributed by atoms with Crippen molar-refractivity contribution in [1.29, 1.82) is 0 Å². The predicted molar refractivity (Wildman–Crippen MR) is 110 cm³/mol. The van der Waals surface area contributed by atoms with Crippen LogP contribution >= 0.6 is 0 Å². The minimum Gasteiger partial charge on any atom is -0.385 e. The summed E-state index contributed by atoms with van der Waals surface area (Å²) in [5, 5.41) is 11.0. The number of anilines is 1. The summed E-state index contributed by atoms with van der Waals surface area (Å²) in [5.74, 6) is 0.942. The van der Waals surface area contributed by atoms with Gasteiger partial charge in [-0.3, -0.25) is 9.98 Å². The minimum absolute atomic E-state index is 0.661. The molecule has 0 unspecified atom stereocenters. The van der Waals surface area contributed by atoms with Gasteiger partial charge in [0.2, 0.25) is 0 Å². The van der Waals surface area contributed by atoms with E-state index < -0.39 is 5.60 Å².